The zero-order chi connectivity index (χ0) is 19.1. The summed E-state index contributed by atoms with van der Waals surface area (Å²) in [5.41, 5.74) is 2.39. The van der Waals surface area contributed by atoms with E-state index < -0.39 is 16.7 Å². The molecular weight excluding hydrogens is 364 g/mol. The summed E-state index contributed by atoms with van der Waals surface area (Å²) in [4.78, 5) is 33.8. The van der Waals surface area contributed by atoms with Crippen LogP contribution in [0.2, 0.25) is 5.02 Å². The number of methoxy groups -OCH3 is 1. The van der Waals surface area contributed by atoms with Crippen molar-refractivity contribution in [1.29, 1.82) is 0 Å². The first-order valence-corrected chi connectivity index (χ1v) is 7.51. The van der Waals surface area contributed by atoms with E-state index in [2.05, 4.69) is 10.4 Å². The summed E-state index contributed by atoms with van der Waals surface area (Å²) in [5, 5.41) is 17.2. The van der Waals surface area contributed by atoms with E-state index in [1.165, 1.54) is 31.4 Å². The number of para-hydroxylation sites is 1. The number of rotatable bonds is 5. The number of carbonyl (C=O) groups excluding carboxylic acids is 2. The van der Waals surface area contributed by atoms with Crippen LogP contribution in [-0.4, -0.2) is 30.1 Å². The van der Waals surface area contributed by atoms with Gasteiger partial charge in [-0.3, -0.25) is 19.7 Å². The predicted octanol–water partition coefficient (Wildman–Crippen LogP) is 2.35. The van der Waals surface area contributed by atoms with Crippen molar-refractivity contribution >= 4 is 41.0 Å². The summed E-state index contributed by atoms with van der Waals surface area (Å²) < 4.78 is 4.88. The molecule has 2 N–H and O–H groups in total. The van der Waals surface area contributed by atoms with Crippen LogP contribution in [0.15, 0.2) is 47.6 Å². The highest BCUT2D eigenvalue weighted by molar-refractivity contribution is 6.41. The number of halogens is 1. The molecule has 0 aliphatic carbocycles. The van der Waals surface area contributed by atoms with Crippen LogP contribution in [0.25, 0.3) is 0 Å². The van der Waals surface area contributed by atoms with Gasteiger partial charge in [0.25, 0.3) is 0 Å². The molecule has 0 unspecified atom stereocenters. The molecular formula is C16H13ClN4O5. The lowest BCUT2D eigenvalue weighted by molar-refractivity contribution is -0.385. The minimum atomic E-state index is -1.02. The van der Waals surface area contributed by atoms with Gasteiger partial charge in [0.05, 0.1) is 29.0 Å². The number of nitrogens with zero attached hydrogens (tertiary/aromatic N) is 2. The predicted molar refractivity (Wildman–Crippen MR) is 95.5 cm³/mol. The van der Waals surface area contributed by atoms with Gasteiger partial charge in [0.15, 0.2) is 5.75 Å². The Morgan fingerprint density at radius 1 is 1.23 bits per heavy atom. The Kier molecular flexibility index (Phi) is 6.23. The van der Waals surface area contributed by atoms with E-state index in [-0.39, 0.29) is 22.1 Å². The monoisotopic (exact) mass is 376 g/mol. The maximum atomic E-state index is 11.8. The fourth-order valence-corrected chi connectivity index (χ4v) is 2.07. The SMILES string of the molecule is COc1ccc(/C=N\NC(=O)C(=O)Nc2ccccc2Cl)cc1[N+](=O)[O-]. The molecule has 10 heteroatoms. The number of benzene rings is 2. The summed E-state index contributed by atoms with van der Waals surface area (Å²) in [5.74, 6) is -1.89. The van der Waals surface area contributed by atoms with Crippen molar-refractivity contribution < 1.29 is 19.2 Å². The van der Waals surface area contributed by atoms with E-state index in [0.717, 1.165) is 6.21 Å². The Bertz CT molecular complexity index is 885. The number of nitrogens with one attached hydrogen (secondary N) is 2. The lowest BCUT2D eigenvalue weighted by Gasteiger charge is -2.05. The average molecular weight is 377 g/mol. The third kappa shape index (κ3) is 4.77. The number of ether oxygens (including phenoxy) is 1. The molecule has 0 saturated heterocycles. The molecule has 0 aliphatic heterocycles. The zero-order valence-corrected chi connectivity index (χ0v) is 14.2. The fourth-order valence-electron chi connectivity index (χ4n) is 1.89. The Morgan fingerprint density at radius 2 is 1.96 bits per heavy atom. The summed E-state index contributed by atoms with van der Waals surface area (Å²) in [6.07, 6.45) is 1.16. The van der Waals surface area contributed by atoms with Gasteiger partial charge in [-0.05, 0) is 24.3 Å². The van der Waals surface area contributed by atoms with E-state index in [0.29, 0.717) is 5.56 Å². The Hall–Kier alpha value is -3.46. The maximum absolute atomic E-state index is 11.8. The molecule has 2 amide bonds. The fraction of sp³-hybridized carbons (Fsp3) is 0.0625. The number of nitro groups is 1. The first-order valence-electron chi connectivity index (χ1n) is 7.13. The lowest BCUT2D eigenvalue weighted by Crippen LogP contribution is -2.32. The molecule has 0 aromatic heterocycles. The number of hydrogen-bond donors (Lipinski definition) is 2. The van der Waals surface area contributed by atoms with E-state index >= 15 is 0 Å². The van der Waals surface area contributed by atoms with Crippen LogP contribution in [0.4, 0.5) is 11.4 Å². The molecule has 2 aromatic rings. The number of anilines is 1. The number of hydrogen-bond acceptors (Lipinski definition) is 6. The van der Waals surface area contributed by atoms with Gasteiger partial charge in [-0.15, -0.1) is 0 Å². The second-order valence-corrected chi connectivity index (χ2v) is 5.23. The molecule has 0 aliphatic rings. The first-order chi connectivity index (χ1) is 12.4. The first kappa shape index (κ1) is 18.9. The number of hydrazone groups is 1. The largest absolute Gasteiger partial charge is 0.490 e. The standard InChI is InChI=1S/C16H13ClN4O5/c1-26-14-7-6-10(8-13(14)21(24)25)9-18-20-16(23)15(22)19-12-5-3-2-4-11(12)17/h2-9H,1H3,(H,19,22)(H,20,23)/b18-9-. The third-order valence-corrected chi connectivity index (χ3v) is 3.44. The average Bonchev–Trinajstić information content (AvgIpc) is 2.63. The van der Waals surface area contributed by atoms with Gasteiger partial charge in [0, 0.05) is 11.6 Å². The van der Waals surface area contributed by atoms with Gasteiger partial charge in [-0.2, -0.15) is 5.10 Å². The van der Waals surface area contributed by atoms with Crippen LogP contribution in [0.3, 0.4) is 0 Å². The van der Waals surface area contributed by atoms with Crippen LogP contribution in [0.5, 0.6) is 5.75 Å². The Balaban J connectivity index is 2.00. The topological polar surface area (TPSA) is 123 Å². The van der Waals surface area contributed by atoms with Gasteiger partial charge in [0.1, 0.15) is 0 Å². The van der Waals surface area contributed by atoms with Crippen molar-refractivity contribution in [2.75, 3.05) is 12.4 Å². The van der Waals surface area contributed by atoms with Gasteiger partial charge in [0.2, 0.25) is 0 Å². The maximum Gasteiger partial charge on any atom is 0.329 e. The Morgan fingerprint density at radius 3 is 2.62 bits per heavy atom. The van der Waals surface area contributed by atoms with Gasteiger partial charge >= 0.3 is 17.5 Å². The van der Waals surface area contributed by atoms with Crippen LogP contribution >= 0.6 is 11.6 Å². The smallest absolute Gasteiger partial charge is 0.329 e. The van der Waals surface area contributed by atoms with E-state index in [9.17, 15) is 19.7 Å². The van der Waals surface area contributed by atoms with Crippen LogP contribution in [0, 0.1) is 10.1 Å². The normalized spacial score (nSPS) is 10.4. The number of nitro benzene ring substituents is 1. The summed E-state index contributed by atoms with van der Waals surface area (Å²) in [7, 11) is 1.31. The molecule has 9 nitrogen and oxygen atoms in total. The van der Waals surface area contributed by atoms with Gasteiger partial charge in [-0.25, -0.2) is 5.43 Å². The molecule has 2 aromatic carbocycles. The van der Waals surface area contributed by atoms with Crippen molar-refractivity contribution in [2.45, 2.75) is 0 Å². The Labute approximate surface area is 152 Å². The van der Waals surface area contributed by atoms with Gasteiger partial charge in [-0.1, -0.05) is 23.7 Å². The highest BCUT2D eigenvalue weighted by atomic mass is 35.5. The van der Waals surface area contributed by atoms with Gasteiger partial charge < -0.3 is 10.1 Å². The van der Waals surface area contributed by atoms with E-state index in [1.54, 1.807) is 18.2 Å². The van der Waals surface area contributed by atoms with Crippen LogP contribution in [-0.2, 0) is 9.59 Å². The van der Waals surface area contributed by atoms with Crippen LogP contribution in [0.1, 0.15) is 5.56 Å². The third-order valence-electron chi connectivity index (χ3n) is 3.11. The minimum Gasteiger partial charge on any atom is -0.490 e. The van der Waals surface area contributed by atoms with Crippen molar-refractivity contribution in [3.63, 3.8) is 0 Å². The molecule has 0 bridgehead atoms. The second-order valence-electron chi connectivity index (χ2n) is 4.82. The molecule has 0 radical (unpaired) electrons. The van der Waals surface area contributed by atoms with Crippen molar-refractivity contribution in [3.8, 4) is 5.75 Å². The molecule has 0 spiro atoms. The van der Waals surface area contributed by atoms with E-state index in [1.807, 2.05) is 5.43 Å². The molecule has 0 heterocycles. The second kappa shape index (κ2) is 8.58. The van der Waals surface area contributed by atoms with Crippen LogP contribution < -0.4 is 15.5 Å². The van der Waals surface area contributed by atoms with E-state index in [4.69, 9.17) is 16.3 Å². The molecule has 2 rings (SSSR count). The zero-order valence-electron chi connectivity index (χ0n) is 13.4. The van der Waals surface area contributed by atoms with Crippen molar-refractivity contribution in [3.05, 3.63) is 63.2 Å². The number of amides is 2. The van der Waals surface area contributed by atoms with Crippen molar-refractivity contribution in [2.24, 2.45) is 5.10 Å². The molecule has 0 fully saturated rings. The highest BCUT2D eigenvalue weighted by Gasteiger charge is 2.16. The molecule has 0 atom stereocenters. The summed E-state index contributed by atoms with van der Waals surface area (Å²) in [6, 6.07) is 10.5. The summed E-state index contributed by atoms with van der Waals surface area (Å²) in [6.45, 7) is 0. The lowest BCUT2D eigenvalue weighted by atomic mass is 10.2. The minimum absolute atomic E-state index is 0.0929. The molecule has 0 saturated carbocycles. The molecule has 26 heavy (non-hydrogen) atoms. The van der Waals surface area contributed by atoms with Crippen molar-refractivity contribution in [1.82, 2.24) is 5.43 Å². The summed E-state index contributed by atoms with van der Waals surface area (Å²) >= 11 is 5.88. The number of carbonyl (C=O) groups is 2. The molecule has 134 valence electrons. The quantitative estimate of drug-likeness (QED) is 0.359. The highest BCUT2D eigenvalue weighted by Crippen LogP contribution is 2.26.